The predicted octanol–water partition coefficient (Wildman–Crippen LogP) is 5.94. The van der Waals surface area contributed by atoms with Gasteiger partial charge in [-0.1, -0.05) is 40.9 Å². The van der Waals surface area contributed by atoms with Gasteiger partial charge in [0, 0.05) is 12.1 Å². The van der Waals surface area contributed by atoms with Gasteiger partial charge in [0.25, 0.3) is 0 Å². The van der Waals surface area contributed by atoms with Crippen molar-refractivity contribution in [1.29, 1.82) is 0 Å². The van der Waals surface area contributed by atoms with Gasteiger partial charge in [0.1, 0.15) is 5.60 Å². The maximum absolute atomic E-state index is 12.5. The minimum atomic E-state index is -0.452. The van der Waals surface area contributed by atoms with Crippen LogP contribution in [0.15, 0.2) is 23.8 Å². The van der Waals surface area contributed by atoms with Gasteiger partial charge in [0.05, 0.1) is 10.0 Å². The van der Waals surface area contributed by atoms with Crippen LogP contribution in [0.2, 0.25) is 10.0 Å². The van der Waals surface area contributed by atoms with Crippen molar-refractivity contribution in [2.45, 2.75) is 64.1 Å². The van der Waals surface area contributed by atoms with Gasteiger partial charge in [-0.15, -0.1) is 0 Å². The zero-order valence-electron chi connectivity index (χ0n) is 14.3. The van der Waals surface area contributed by atoms with Gasteiger partial charge < -0.3 is 9.64 Å². The third kappa shape index (κ3) is 3.89. The van der Waals surface area contributed by atoms with Crippen molar-refractivity contribution in [2.75, 3.05) is 0 Å². The Morgan fingerprint density at radius 2 is 1.79 bits per heavy atom. The van der Waals surface area contributed by atoms with E-state index in [9.17, 15) is 4.79 Å². The normalized spacial score (nSPS) is 23.4. The van der Waals surface area contributed by atoms with Crippen molar-refractivity contribution >= 4 is 35.4 Å². The summed E-state index contributed by atoms with van der Waals surface area (Å²) in [5, 5.41) is 1.14. The Bertz CT molecular complexity index is 662. The summed E-state index contributed by atoms with van der Waals surface area (Å²) in [6.07, 6.45) is 5.89. The Hall–Kier alpha value is -1.19. The van der Waals surface area contributed by atoms with Crippen molar-refractivity contribution in [3.8, 4) is 0 Å². The Balaban J connectivity index is 1.74. The van der Waals surface area contributed by atoms with E-state index in [2.05, 4.69) is 6.08 Å². The molecule has 2 aliphatic heterocycles. The minimum Gasteiger partial charge on any atom is -0.444 e. The van der Waals surface area contributed by atoms with E-state index in [4.69, 9.17) is 27.9 Å². The molecule has 1 amide bonds. The van der Waals surface area contributed by atoms with Gasteiger partial charge in [0.15, 0.2) is 0 Å². The molecule has 24 heavy (non-hydrogen) atoms. The van der Waals surface area contributed by atoms with Crippen LogP contribution < -0.4 is 0 Å². The van der Waals surface area contributed by atoms with Gasteiger partial charge in [-0.2, -0.15) is 0 Å². The molecule has 1 aromatic rings. The van der Waals surface area contributed by atoms with Gasteiger partial charge in [-0.05, 0) is 64.2 Å². The van der Waals surface area contributed by atoms with Gasteiger partial charge >= 0.3 is 6.09 Å². The van der Waals surface area contributed by atoms with Crippen LogP contribution in [0.4, 0.5) is 4.79 Å². The summed E-state index contributed by atoms with van der Waals surface area (Å²) in [7, 11) is 0. The highest BCUT2D eigenvalue weighted by Gasteiger charge is 2.42. The lowest BCUT2D eigenvalue weighted by molar-refractivity contribution is 0.0116. The fraction of sp³-hybridized carbons (Fsp3) is 0.526. The van der Waals surface area contributed by atoms with Crippen LogP contribution in [-0.4, -0.2) is 28.7 Å². The molecule has 0 radical (unpaired) electrons. The third-order valence-electron chi connectivity index (χ3n) is 4.53. The molecule has 2 atom stereocenters. The Labute approximate surface area is 153 Å². The van der Waals surface area contributed by atoms with Crippen molar-refractivity contribution in [1.82, 2.24) is 4.90 Å². The number of halogens is 2. The lowest BCUT2D eigenvalue weighted by atomic mass is 9.95. The molecule has 0 spiro atoms. The highest BCUT2D eigenvalue weighted by molar-refractivity contribution is 6.42. The first-order valence-corrected chi connectivity index (χ1v) is 9.14. The maximum Gasteiger partial charge on any atom is 0.410 e. The summed E-state index contributed by atoms with van der Waals surface area (Å²) < 4.78 is 5.58. The molecule has 3 nitrogen and oxygen atoms in total. The number of carbonyl (C=O) groups is 1. The number of amides is 1. The minimum absolute atomic E-state index is 0.177. The molecule has 0 aromatic heterocycles. The number of fused-ring (bicyclic) bond motifs is 2. The quantitative estimate of drug-likeness (QED) is 0.614. The molecule has 1 aromatic carbocycles. The van der Waals surface area contributed by atoms with Crippen LogP contribution in [-0.2, 0) is 4.74 Å². The summed E-state index contributed by atoms with van der Waals surface area (Å²) in [5.74, 6) is 0. The standard InChI is InChI=1S/C19H23Cl2NO2/c1-19(2,3)24-18(23)22-14-5-6-15(22)10-13(9-14)8-12-4-7-16(20)17(21)11-12/h4,7-8,11,14-15H,5-6,9-10H2,1-3H3. The number of rotatable bonds is 1. The topological polar surface area (TPSA) is 29.5 Å². The fourth-order valence-corrected chi connectivity index (χ4v) is 3.93. The van der Waals surface area contributed by atoms with E-state index >= 15 is 0 Å². The summed E-state index contributed by atoms with van der Waals surface area (Å²) >= 11 is 12.1. The fourth-order valence-electron chi connectivity index (χ4n) is 3.62. The molecular formula is C19H23Cl2NO2. The summed E-state index contributed by atoms with van der Waals surface area (Å²) in [6.45, 7) is 5.73. The van der Waals surface area contributed by atoms with E-state index in [0.29, 0.717) is 10.0 Å². The average Bonchev–Trinajstić information content (AvgIpc) is 2.73. The van der Waals surface area contributed by atoms with Crippen LogP contribution in [0, 0.1) is 0 Å². The second-order valence-corrected chi connectivity index (χ2v) is 8.47. The number of hydrogen-bond donors (Lipinski definition) is 0. The average molecular weight is 368 g/mol. The molecule has 2 aliphatic rings. The molecule has 3 rings (SSSR count). The van der Waals surface area contributed by atoms with Crippen LogP contribution in [0.25, 0.3) is 6.08 Å². The highest BCUT2D eigenvalue weighted by Crippen LogP contribution is 2.40. The second-order valence-electron chi connectivity index (χ2n) is 7.66. The SMILES string of the molecule is CC(C)(C)OC(=O)N1C2CCC1CC(=Cc1ccc(Cl)c(Cl)c1)C2. The molecule has 5 heteroatoms. The van der Waals surface area contributed by atoms with Crippen molar-refractivity contribution in [3.63, 3.8) is 0 Å². The number of benzene rings is 1. The zero-order chi connectivity index (χ0) is 17.5. The summed E-state index contributed by atoms with van der Waals surface area (Å²) in [4.78, 5) is 14.4. The summed E-state index contributed by atoms with van der Waals surface area (Å²) in [6, 6.07) is 6.17. The van der Waals surface area contributed by atoms with E-state index in [1.807, 2.05) is 43.9 Å². The molecule has 0 saturated carbocycles. The maximum atomic E-state index is 12.5. The zero-order valence-corrected chi connectivity index (χ0v) is 15.8. The lowest BCUT2D eigenvalue weighted by Crippen LogP contribution is -2.46. The van der Waals surface area contributed by atoms with Gasteiger partial charge in [-0.3, -0.25) is 0 Å². The first-order chi connectivity index (χ1) is 11.2. The second kappa shape index (κ2) is 6.61. The van der Waals surface area contributed by atoms with E-state index in [-0.39, 0.29) is 18.2 Å². The number of ether oxygens (including phenoxy) is 1. The van der Waals surface area contributed by atoms with Gasteiger partial charge in [-0.25, -0.2) is 4.79 Å². The largest absolute Gasteiger partial charge is 0.444 e. The Morgan fingerprint density at radius 1 is 1.17 bits per heavy atom. The lowest BCUT2D eigenvalue weighted by Gasteiger charge is -2.37. The van der Waals surface area contributed by atoms with Crippen LogP contribution >= 0.6 is 23.2 Å². The number of hydrogen-bond acceptors (Lipinski definition) is 2. The van der Waals surface area contributed by atoms with Crippen LogP contribution in [0.3, 0.4) is 0 Å². The van der Waals surface area contributed by atoms with E-state index < -0.39 is 5.60 Å². The van der Waals surface area contributed by atoms with Gasteiger partial charge in [0.2, 0.25) is 0 Å². The number of piperidine rings is 1. The molecule has 2 unspecified atom stereocenters. The smallest absolute Gasteiger partial charge is 0.410 e. The van der Waals surface area contributed by atoms with E-state index in [1.54, 1.807) is 0 Å². The van der Waals surface area contributed by atoms with E-state index in [1.165, 1.54) is 5.57 Å². The molecule has 2 saturated heterocycles. The predicted molar refractivity (Wildman–Crippen MR) is 98.6 cm³/mol. The third-order valence-corrected chi connectivity index (χ3v) is 5.27. The van der Waals surface area contributed by atoms with Crippen molar-refractivity contribution in [2.24, 2.45) is 0 Å². The molecule has 0 N–H and O–H groups in total. The number of nitrogens with zero attached hydrogens (tertiary/aromatic N) is 1. The number of carbonyl (C=O) groups excluding carboxylic acids is 1. The molecule has 0 aliphatic carbocycles. The van der Waals surface area contributed by atoms with Crippen molar-refractivity contribution < 1.29 is 9.53 Å². The molecule has 2 heterocycles. The molecule has 2 bridgehead atoms. The molecule has 130 valence electrons. The first-order valence-electron chi connectivity index (χ1n) is 8.39. The Morgan fingerprint density at radius 3 is 2.33 bits per heavy atom. The van der Waals surface area contributed by atoms with Crippen LogP contribution in [0.5, 0.6) is 0 Å². The van der Waals surface area contributed by atoms with Crippen LogP contribution in [0.1, 0.15) is 52.0 Å². The van der Waals surface area contributed by atoms with Crippen molar-refractivity contribution in [3.05, 3.63) is 39.4 Å². The molecular weight excluding hydrogens is 345 g/mol. The Kier molecular flexibility index (Phi) is 4.85. The highest BCUT2D eigenvalue weighted by atomic mass is 35.5. The van der Waals surface area contributed by atoms with E-state index in [0.717, 1.165) is 31.2 Å². The first kappa shape index (κ1) is 17.6. The monoisotopic (exact) mass is 367 g/mol. The molecule has 2 fully saturated rings. The summed E-state index contributed by atoms with van der Waals surface area (Å²) in [5.41, 5.74) is 1.97.